The van der Waals surface area contributed by atoms with Crippen molar-refractivity contribution in [2.24, 2.45) is 0 Å². The number of rotatable bonds is 2. The smallest absolute Gasteiger partial charge is 0.308 e. The molecule has 0 radical (unpaired) electrons. The topological polar surface area (TPSA) is 66.9 Å². The lowest BCUT2D eigenvalue weighted by molar-refractivity contribution is 0.262. The van der Waals surface area contributed by atoms with Crippen LogP contribution in [0, 0.1) is 5.95 Å². The summed E-state index contributed by atoms with van der Waals surface area (Å²) >= 11 is 0. The van der Waals surface area contributed by atoms with E-state index in [0.717, 1.165) is 0 Å². The Labute approximate surface area is 96.7 Å². The number of urea groups is 1. The minimum absolute atomic E-state index is 0.150. The summed E-state index contributed by atoms with van der Waals surface area (Å²) in [6.07, 6.45) is 3.10. The first-order valence-corrected chi connectivity index (χ1v) is 4.84. The van der Waals surface area contributed by atoms with E-state index in [2.05, 4.69) is 20.6 Å². The van der Waals surface area contributed by atoms with Gasteiger partial charge in [0.15, 0.2) is 0 Å². The van der Waals surface area contributed by atoms with E-state index in [1.807, 2.05) is 0 Å². The molecule has 0 unspecified atom stereocenters. The Balaban J connectivity index is 1.98. The summed E-state index contributed by atoms with van der Waals surface area (Å²) in [6.45, 7) is 0. The molecule has 0 fully saturated rings. The second-order valence-electron chi connectivity index (χ2n) is 3.16. The van der Waals surface area contributed by atoms with Crippen molar-refractivity contribution in [3.8, 4) is 0 Å². The van der Waals surface area contributed by atoms with Gasteiger partial charge in [-0.05, 0) is 24.3 Å². The van der Waals surface area contributed by atoms with E-state index < -0.39 is 12.0 Å². The van der Waals surface area contributed by atoms with Crippen LogP contribution in [0.1, 0.15) is 0 Å². The molecule has 5 nitrogen and oxygen atoms in total. The fourth-order valence-corrected chi connectivity index (χ4v) is 1.19. The summed E-state index contributed by atoms with van der Waals surface area (Å²) in [5, 5.41) is 4.97. The number of nitrogens with zero attached hydrogens (tertiary/aromatic N) is 2. The van der Waals surface area contributed by atoms with Gasteiger partial charge in [0.1, 0.15) is 5.82 Å². The van der Waals surface area contributed by atoms with E-state index in [-0.39, 0.29) is 5.82 Å². The normalized spacial score (nSPS) is 9.71. The molecule has 86 valence electrons. The summed E-state index contributed by atoms with van der Waals surface area (Å²) in [6, 6.07) is 6.94. The second-order valence-corrected chi connectivity index (χ2v) is 3.16. The zero-order chi connectivity index (χ0) is 12.1. The highest BCUT2D eigenvalue weighted by atomic mass is 19.1. The third-order valence-electron chi connectivity index (χ3n) is 1.89. The number of halogens is 1. The van der Waals surface area contributed by atoms with Crippen LogP contribution >= 0.6 is 0 Å². The number of carbonyl (C=O) groups is 1. The summed E-state index contributed by atoms with van der Waals surface area (Å²) < 4.78 is 12.8. The summed E-state index contributed by atoms with van der Waals surface area (Å²) in [7, 11) is 0. The van der Waals surface area contributed by atoms with Crippen LogP contribution < -0.4 is 10.6 Å². The average Bonchev–Trinajstić information content (AvgIpc) is 2.30. The molecule has 2 amide bonds. The molecule has 0 saturated carbocycles. The van der Waals surface area contributed by atoms with Gasteiger partial charge < -0.3 is 5.32 Å². The molecule has 0 atom stereocenters. The van der Waals surface area contributed by atoms with Crippen molar-refractivity contribution in [1.82, 2.24) is 9.97 Å². The Morgan fingerprint density at radius 1 is 1.12 bits per heavy atom. The van der Waals surface area contributed by atoms with Crippen molar-refractivity contribution in [1.29, 1.82) is 0 Å². The van der Waals surface area contributed by atoms with Crippen molar-refractivity contribution in [3.05, 3.63) is 48.7 Å². The minimum atomic E-state index is -0.647. The van der Waals surface area contributed by atoms with Crippen LogP contribution in [-0.4, -0.2) is 16.0 Å². The van der Waals surface area contributed by atoms with Gasteiger partial charge in [-0.1, -0.05) is 6.07 Å². The largest absolute Gasteiger partial charge is 0.324 e. The molecule has 2 N–H and O–H groups in total. The zero-order valence-electron chi connectivity index (χ0n) is 8.72. The fraction of sp³-hybridized carbons (Fsp3) is 0. The molecule has 2 heterocycles. The van der Waals surface area contributed by atoms with Crippen LogP contribution in [0.4, 0.5) is 20.7 Å². The molecule has 2 aromatic heterocycles. The van der Waals surface area contributed by atoms with Gasteiger partial charge in [-0.3, -0.25) is 10.3 Å². The second kappa shape index (κ2) is 5.02. The van der Waals surface area contributed by atoms with Gasteiger partial charge in [-0.15, -0.1) is 0 Å². The van der Waals surface area contributed by atoms with Crippen molar-refractivity contribution in [2.75, 3.05) is 10.6 Å². The lowest BCUT2D eigenvalue weighted by Crippen LogP contribution is -2.20. The van der Waals surface area contributed by atoms with Gasteiger partial charge in [-0.2, -0.15) is 4.39 Å². The number of aromatic nitrogens is 2. The van der Waals surface area contributed by atoms with Gasteiger partial charge in [0.25, 0.3) is 0 Å². The fourth-order valence-electron chi connectivity index (χ4n) is 1.19. The average molecular weight is 232 g/mol. The molecule has 0 aliphatic heterocycles. The Morgan fingerprint density at radius 2 is 1.88 bits per heavy atom. The summed E-state index contributed by atoms with van der Waals surface area (Å²) in [5.74, 6) is -0.497. The molecule has 17 heavy (non-hydrogen) atoms. The number of hydrogen-bond donors (Lipinski definition) is 2. The first-order chi connectivity index (χ1) is 8.24. The Bertz CT molecular complexity index is 518. The van der Waals surface area contributed by atoms with Crippen molar-refractivity contribution in [3.63, 3.8) is 0 Å². The van der Waals surface area contributed by atoms with Gasteiger partial charge in [0.05, 0.1) is 0 Å². The highest BCUT2D eigenvalue weighted by Gasteiger charge is 2.03. The van der Waals surface area contributed by atoms with Crippen molar-refractivity contribution >= 4 is 17.5 Å². The van der Waals surface area contributed by atoms with Crippen LogP contribution in [0.15, 0.2) is 42.7 Å². The molecule has 0 aliphatic carbocycles. The molecule has 0 saturated heterocycles. The Hall–Kier alpha value is -2.50. The molecule has 0 aromatic carbocycles. The molecule has 2 aromatic rings. The maximum Gasteiger partial charge on any atom is 0.324 e. The maximum atomic E-state index is 12.8. The summed E-state index contributed by atoms with van der Waals surface area (Å²) in [5.41, 5.74) is 0.592. The molecule has 6 heteroatoms. The molecule has 2 rings (SSSR count). The Kier molecular flexibility index (Phi) is 3.25. The lowest BCUT2D eigenvalue weighted by atomic mass is 10.4. The van der Waals surface area contributed by atoms with Gasteiger partial charge in [0, 0.05) is 18.1 Å². The number of anilines is 2. The van der Waals surface area contributed by atoms with E-state index in [1.54, 1.807) is 24.5 Å². The van der Waals surface area contributed by atoms with Crippen LogP contribution in [0.25, 0.3) is 0 Å². The van der Waals surface area contributed by atoms with Gasteiger partial charge in [-0.25, -0.2) is 9.78 Å². The highest BCUT2D eigenvalue weighted by molar-refractivity contribution is 5.98. The van der Waals surface area contributed by atoms with E-state index >= 15 is 0 Å². The number of carbonyl (C=O) groups excluding carboxylic acids is 1. The van der Waals surface area contributed by atoms with Crippen molar-refractivity contribution < 1.29 is 9.18 Å². The lowest BCUT2D eigenvalue weighted by Gasteiger charge is -2.06. The monoisotopic (exact) mass is 232 g/mol. The van der Waals surface area contributed by atoms with Crippen LogP contribution in [-0.2, 0) is 0 Å². The molecule has 0 bridgehead atoms. The van der Waals surface area contributed by atoms with Crippen LogP contribution in [0.2, 0.25) is 0 Å². The number of hydrogen-bond acceptors (Lipinski definition) is 3. The predicted molar refractivity (Wildman–Crippen MR) is 61.1 cm³/mol. The van der Waals surface area contributed by atoms with E-state index in [1.165, 1.54) is 18.2 Å². The number of amides is 2. The third kappa shape index (κ3) is 3.23. The quantitative estimate of drug-likeness (QED) is 0.780. The third-order valence-corrected chi connectivity index (χ3v) is 1.89. The molecule has 0 aliphatic rings. The van der Waals surface area contributed by atoms with Gasteiger partial charge >= 0.3 is 6.03 Å². The standard InChI is InChI=1S/C11H9FN4O/c12-9-2-1-3-10(15-9)16-11(17)14-8-4-6-13-7-5-8/h1-7H,(H2,13,14,15,16,17). The van der Waals surface area contributed by atoms with Crippen LogP contribution in [0.3, 0.4) is 0 Å². The van der Waals surface area contributed by atoms with Crippen LogP contribution in [0.5, 0.6) is 0 Å². The first kappa shape index (κ1) is 11.0. The van der Waals surface area contributed by atoms with E-state index in [0.29, 0.717) is 5.69 Å². The highest BCUT2D eigenvalue weighted by Crippen LogP contribution is 2.06. The first-order valence-electron chi connectivity index (χ1n) is 4.84. The minimum Gasteiger partial charge on any atom is -0.308 e. The van der Waals surface area contributed by atoms with Crippen molar-refractivity contribution in [2.45, 2.75) is 0 Å². The SMILES string of the molecule is O=C(Nc1ccncc1)Nc1cccc(F)n1. The van der Waals surface area contributed by atoms with E-state index in [9.17, 15) is 9.18 Å². The molecular formula is C11H9FN4O. The predicted octanol–water partition coefficient (Wildman–Crippen LogP) is 2.26. The van der Waals surface area contributed by atoms with E-state index in [4.69, 9.17) is 0 Å². The summed E-state index contributed by atoms with van der Waals surface area (Å²) in [4.78, 5) is 18.8. The Morgan fingerprint density at radius 3 is 2.59 bits per heavy atom. The number of pyridine rings is 2. The maximum absolute atomic E-state index is 12.8. The molecule has 0 spiro atoms. The number of nitrogens with one attached hydrogen (secondary N) is 2. The molecular weight excluding hydrogens is 223 g/mol. The van der Waals surface area contributed by atoms with Gasteiger partial charge in [0.2, 0.25) is 5.95 Å². The zero-order valence-corrected chi connectivity index (χ0v) is 8.72.